The zero-order chi connectivity index (χ0) is 16.8. The monoisotopic (exact) mass is 337 g/mol. The molecule has 1 aromatic heterocycles. The summed E-state index contributed by atoms with van der Waals surface area (Å²) in [4.78, 5) is 16.4. The number of benzene rings is 2. The van der Waals surface area contributed by atoms with Gasteiger partial charge >= 0.3 is 0 Å². The normalized spacial score (nSPS) is 10.5. The summed E-state index contributed by atoms with van der Waals surface area (Å²) in [5.41, 5.74) is 3.34. The highest BCUT2D eigenvalue weighted by Gasteiger charge is 2.09. The van der Waals surface area contributed by atoms with Crippen molar-refractivity contribution in [3.8, 4) is 5.69 Å². The van der Waals surface area contributed by atoms with Crippen molar-refractivity contribution < 1.29 is 4.79 Å². The molecular weight excluding hydrogens is 318 g/mol. The maximum Gasteiger partial charge on any atom is 0.230 e. The van der Waals surface area contributed by atoms with E-state index in [0.717, 1.165) is 16.4 Å². The number of imidazole rings is 1. The van der Waals surface area contributed by atoms with E-state index in [0.29, 0.717) is 12.3 Å². The summed E-state index contributed by atoms with van der Waals surface area (Å²) < 4.78 is 2.00. The van der Waals surface area contributed by atoms with Crippen LogP contribution in [0.4, 0.5) is 0 Å². The fourth-order valence-electron chi connectivity index (χ4n) is 2.35. The Hall–Kier alpha value is -2.53. The summed E-state index contributed by atoms with van der Waals surface area (Å²) >= 11 is 1.44. The van der Waals surface area contributed by atoms with E-state index in [1.54, 1.807) is 6.20 Å². The lowest BCUT2D eigenvalue weighted by Gasteiger charge is -2.08. The van der Waals surface area contributed by atoms with Crippen LogP contribution in [0.1, 0.15) is 11.1 Å². The molecule has 122 valence electrons. The highest BCUT2D eigenvalue weighted by Crippen LogP contribution is 2.20. The minimum Gasteiger partial charge on any atom is -0.351 e. The van der Waals surface area contributed by atoms with Crippen molar-refractivity contribution in [3.63, 3.8) is 0 Å². The lowest BCUT2D eigenvalue weighted by atomic mass is 10.2. The Morgan fingerprint density at radius 3 is 2.79 bits per heavy atom. The first-order valence-electron chi connectivity index (χ1n) is 7.76. The fraction of sp³-hybridized carbons (Fsp3) is 0.158. The molecule has 3 aromatic rings. The minimum atomic E-state index is 0.00245. The Morgan fingerprint density at radius 1 is 1.17 bits per heavy atom. The van der Waals surface area contributed by atoms with E-state index < -0.39 is 0 Å². The first kappa shape index (κ1) is 16.3. The molecule has 0 aliphatic heterocycles. The van der Waals surface area contributed by atoms with Gasteiger partial charge in [0.05, 0.1) is 5.75 Å². The van der Waals surface area contributed by atoms with Crippen molar-refractivity contribution >= 4 is 17.7 Å². The Balaban J connectivity index is 1.57. The summed E-state index contributed by atoms with van der Waals surface area (Å²) in [6, 6.07) is 18.1. The number of hydrogen-bond acceptors (Lipinski definition) is 3. The first-order chi connectivity index (χ1) is 11.7. The Kier molecular flexibility index (Phi) is 5.33. The summed E-state index contributed by atoms with van der Waals surface area (Å²) in [7, 11) is 0. The predicted octanol–water partition coefficient (Wildman–Crippen LogP) is 3.59. The molecular formula is C19H19N3OS. The van der Waals surface area contributed by atoms with Gasteiger partial charge in [-0.2, -0.15) is 0 Å². The standard InChI is InChI=1S/C19H19N3OS/c1-15-6-5-9-17(12-15)22-11-10-20-19(22)24-14-18(23)21-13-16-7-3-2-4-8-16/h2-12H,13-14H2,1H3,(H,21,23). The van der Waals surface area contributed by atoms with Gasteiger partial charge in [0, 0.05) is 24.6 Å². The van der Waals surface area contributed by atoms with Crippen LogP contribution in [0.5, 0.6) is 0 Å². The second kappa shape index (κ2) is 7.84. The van der Waals surface area contributed by atoms with E-state index in [2.05, 4.69) is 29.4 Å². The number of hydrogen-bond donors (Lipinski definition) is 1. The van der Waals surface area contributed by atoms with Gasteiger partial charge in [-0.3, -0.25) is 9.36 Å². The molecule has 0 saturated heterocycles. The average molecular weight is 337 g/mol. The summed E-state index contributed by atoms with van der Waals surface area (Å²) in [5.74, 6) is 0.345. The molecule has 4 nitrogen and oxygen atoms in total. The minimum absolute atomic E-state index is 0.00245. The number of nitrogens with one attached hydrogen (secondary N) is 1. The quantitative estimate of drug-likeness (QED) is 0.699. The smallest absolute Gasteiger partial charge is 0.230 e. The highest BCUT2D eigenvalue weighted by molar-refractivity contribution is 7.99. The Morgan fingerprint density at radius 2 is 2.00 bits per heavy atom. The molecule has 1 heterocycles. The van der Waals surface area contributed by atoms with Gasteiger partial charge in [0.1, 0.15) is 0 Å². The predicted molar refractivity (Wildman–Crippen MR) is 97.3 cm³/mol. The van der Waals surface area contributed by atoms with Crippen molar-refractivity contribution in [2.75, 3.05) is 5.75 Å². The third-order valence-electron chi connectivity index (χ3n) is 3.55. The molecule has 0 radical (unpaired) electrons. The third kappa shape index (κ3) is 4.26. The number of aromatic nitrogens is 2. The Labute approximate surface area is 145 Å². The van der Waals surface area contributed by atoms with Crippen LogP contribution >= 0.6 is 11.8 Å². The molecule has 0 aliphatic rings. The number of carbonyl (C=O) groups excluding carboxylic acids is 1. The van der Waals surface area contributed by atoms with Gasteiger partial charge in [-0.25, -0.2) is 4.98 Å². The van der Waals surface area contributed by atoms with Crippen LogP contribution in [-0.2, 0) is 11.3 Å². The van der Waals surface area contributed by atoms with Crippen molar-refractivity contribution in [1.29, 1.82) is 0 Å². The molecule has 1 N–H and O–H groups in total. The Bertz CT molecular complexity index is 814. The van der Waals surface area contributed by atoms with E-state index in [1.165, 1.54) is 17.3 Å². The number of aryl methyl sites for hydroxylation is 1. The van der Waals surface area contributed by atoms with E-state index >= 15 is 0 Å². The lowest BCUT2D eigenvalue weighted by molar-refractivity contribution is -0.118. The van der Waals surface area contributed by atoms with E-state index in [-0.39, 0.29) is 5.91 Å². The van der Waals surface area contributed by atoms with Crippen LogP contribution in [0, 0.1) is 6.92 Å². The van der Waals surface area contributed by atoms with Crippen LogP contribution in [0.2, 0.25) is 0 Å². The number of rotatable bonds is 6. The summed E-state index contributed by atoms with van der Waals surface area (Å²) in [6.45, 7) is 2.61. The third-order valence-corrected chi connectivity index (χ3v) is 4.52. The molecule has 0 unspecified atom stereocenters. The SMILES string of the molecule is Cc1cccc(-n2ccnc2SCC(=O)NCc2ccccc2)c1. The molecule has 0 bridgehead atoms. The molecule has 0 spiro atoms. The number of nitrogens with zero attached hydrogens (tertiary/aromatic N) is 2. The number of thioether (sulfide) groups is 1. The number of amides is 1. The van der Waals surface area contributed by atoms with E-state index in [9.17, 15) is 4.79 Å². The summed E-state index contributed by atoms with van der Waals surface area (Å²) in [6.07, 6.45) is 3.67. The molecule has 0 atom stereocenters. The lowest BCUT2D eigenvalue weighted by Crippen LogP contribution is -2.24. The molecule has 1 amide bonds. The zero-order valence-corrected chi connectivity index (χ0v) is 14.3. The molecule has 5 heteroatoms. The molecule has 2 aromatic carbocycles. The average Bonchev–Trinajstić information content (AvgIpc) is 3.08. The second-order valence-corrected chi connectivity index (χ2v) is 6.41. The van der Waals surface area contributed by atoms with Crippen LogP contribution in [0.25, 0.3) is 5.69 Å². The first-order valence-corrected chi connectivity index (χ1v) is 8.75. The van der Waals surface area contributed by atoms with Crippen molar-refractivity contribution in [2.24, 2.45) is 0 Å². The topological polar surface area (TPSA) is 46.9 Å². The van der Waals surface area contributed by atoms with Crippen LogP contribution in [0.15, 0.2) is 72.1 Å². The van der Waals surface area contributed by atoms with Crippen LogP contribution in [0.3, 0.4) is 0 Å². The molecule has 3 rings (SSSR count). The van der Waals surface area contributed by atoms with Gasteiger partial charge in [-0.05, 0) is 30.2 Å². The molecule has 0 aliphatic carbocycles. The molecule has 24 heavy (non-hydrogen) atoms. The van der Waals surface area contributed by atoms with Crippen LogP contribution in [-0.4, -0.2) is 21.2 Å². The molecule has 0 fully saturated rings. The second-order valence-electron chi connectivity index (χ2n) is 5.47. The maximum absolute atomic E-state index is 12.0. The van der Waals surface area contributed by atoms with E-state index in [4.69, 9.17) is 0 Å². The van der Waals surface area contributed by atoms with Crippen molar-refractivity contribution in [3.05, 3.63) is 78.1 Å². The van der Waals surface area contributed by atoms with Gasteiger partial charge in [-0.1, -0.05) is 54.2 Å². The highest BCUT2D eigenvalue weighted by atomic mass is 32.2. The maximum atomic E-state index is 12.0. The van der Waals surface area contributed by atoms with Crippen molar-refractivity contribution in [1.82, 2.24) is 14.9 Å². The number of carbonyl (C=O) groups is 1. The summed E-state index contributed by atoms with van der Waals surface area (Å²) in [5, 5.41) is 3.75. The van der Waals surface area contributed by atoms with Gasteiger partial charge in [0.25, 0.3) is 0 Å². The van der Waals surface area contributed by atoms with Gasteiger partial charge < -0.3 is 5.32 Å². The van der Waals surface area contributed by atoms with Crippen LogP contribution < -0.4 is 5.32 Å². The van der Waals surface area contributed by atoms with Gasteiger partial charge in [0.15, 0.2) is 5.16 Å². The van der Waals surface area contributed by atoms with Crippen molar-refractivity contribution in [2.45, 2.75) is 18.6 Å². The van der Waals surface area contributed by atoms with Gasteiger partial charge in [0.2, 0.25) is 5.91 Å². The van der Waals surface area contributed by atoms with E-state index in [1.807, 2.05) is 53.2 Å². The molecule has 0 saturated carbocycles. The zero-order valence-electron chi connectivity index (χ0n) is 13.5. The largest absolute Gasteiger partial charge is 0.351 e. The fourth-order valence-corrected chi connectivity index (χ4v) is 3.15. The van der Waals surface area contributed by atoms with Gasteiger partial charge in [-0.15, -0.1) is 0 Å².